The van der Waals surface area contributed by atoms with Crippen LogP contribution in [0.25, 0.3) is 11.1 Å². The summed E-state index contributed by atoms with van der Waals surface area (Å²) >= 11 is 7.72. The number of nitriles is 1. The number of nitrogens with zero attached hydrogens (tertiary/aromatic N) is 2. The number of halogens is 2. The molecular weight excluding hydrogens is 363 g/mol. The highest BCUT2D eigenvalue weighted by atomic mass is 35.5. The second-order valence-electron chi connectivity index (χ2n) is 5.66. The average Bonchev–Trinajstić information content (AvgIpc) is 3.19. The Morgan fingerprint density at radius 2 is 2.36 bits per heavy atom. The number of furan rings is 1. The molecule has 0 saturated carbocycles. The standard InChI is InChI=1S/C17H16ClFN4OS/c1-9(19)12(21)5-14-11(7-20)16-17(24-14)13(6-15(18)23-16)22-8-10-3-2-4-25-10/h2-4,6,9,12H,5,8,21H2,1H3,(H,22,23). The molecule has 0 bridgehead atoms. The Morgan fingerprint density at radius 1 is 1.56 bits per heavy atom. The summed E-state index contributed by atoms with van der Waals surface area (Å²) in [5.41, 5.74) is 7.44. The molecule has 0 aromatic carbocycles. The summed E-state index contributed by atoms with van der Waals surface area (Å²) in [4.78, 5) is 5.34. The van der Waals surface area contributed by atoms with E-state index in [2.05, 4.69) is 16.4 Å². The van der Waals surface area contributed by atoms with Gasteiger partial charge in [0.1, 0.15) is 34.2 Å². The van der Waals surface area contributed by atoms with E-state index in [4.69, 9.17) is 21.8 Å². The van der Waals surface area contributed by atoms with Gasteiger partial charge in [-0.1, -0.05) is 17.7 Å². The van der Waals surface area contributed by atoms with E-state index in [-0.39, 0.29) is 17.1 Å². The first kappa shape index (κ1) is 17.7. The third kappa shape index (κ3) is 3.76. The number of thiophene rings is 1. The lowest BCUT2D eigenvalue weighted by molar-refractivity contribution is 0.296. The largest absolute Gasteiger partial charge is 0.456 e. The zero-order chi connectivity index (χ0) is 18.0. The van der Waals surface area contributed by atoms with Crippen molar-refractivity contribution in [1.82, 2.24) is 4.98 Å². The number of nitrogens with two attached hydrogens (primary N) is 1. The van der Waals surface area contributed by atoms with Crippen molar-refractivity contribution in [3.05, 3.63) is 44.9 Å². The van der Waals surface area contributed by atoms with Crippen molar-refractivity contribution < 1.29 is 8.81 Å². The van der Waals surface area contributed by atoms with E-state index in [0.717, 1.165) is 4.88 Å². The van der Waals surface area contributed by atoms with Crippen LogP contribution in [0, 0.1) is 11.3 Å². The molecule has 2 atom stereocenters. The quantitative estimate of drug-likeness (QED) is 0.626. The van der Waals surface area contributed by atoms with E-state index < -0.39 is 12.2 Å². The second kappa shape index (κ2) is 7.40. The third-order valence-corrected chi connectivity index (χ3v) is 4.91. The maximum Gasteiger partial charge on any atom is 0.177 e. The van der Waals surface area contributed by atoms with E-state index in [0.29, 0.717) is 29.1 Å². The fourth-order valence-electron chi connectivity index (χ4n) is 2.44. The number of alkyl halides is 1. The summed E-state index contributed by atoms with van der Waals surface area (Å²) in [6.45, 7) is 1.97. The van der Waals surface area contributed by atoms with Crippen LogP contribution in [0.15, 0.2) is 28.0 Å². The van der Waals surface area contributed by atoms with Crippen molar-refractivity contribution in [2.45, 2.75) is 32.1 Å². The van der Waals surface area contributed by atoms with Gasteiger partial charge in [-0.3, -0.25) is 0 Å². The lowest BCUT2D eigenvalue weighted by atomic mass is 10.1. The summed E-state index contributed by atoms with van der Waals surface area (Å²) in [5.74, 6) is 0.323. The number of aromatic nitrogens is 1. The number of hydrogen-bond acceptors (Lipinski definition) is 6. The maximum atomic E-state index is 13.4. The molecule has 0 spiro atoms. The highest BCUT2D eigenvalue weighted by Crippen LogP contribution is 2.33. The molecule has 0 amide bonds. The van der Waals surface area contributed by atoms with E-state index in [9.17, 15) is 9.65 Å². The van der Waals surface area contributed by atoms with Gasteiger partial charge >= 0.3 is 0 Å². The molecule has 5 nitrogen and oxygen atoms in total. The average molecular weight is 379 g/mol. The molecule has 0 radical (unpaired) electrons. The molecule has 3 N–H and O–H groups in total. The summed E-state index contributed by atoms with van der Waals surface area (Å²) in [7, 11) is 0. The van der Waals surface area contributed by atoms with Crippen molar-refractivity contribution in [2.75, 3.05) is 5.32 Å². The van der Waals surface area contributed by atoms with Crippen LogP contribution in [0.5, 0.6) is 0 Å². The number of hydrogen-bond donors (Lipinski definition) is 2. The van der Waals surface area contributed by atoms with Gasteiger partial charge in [-0.25, -0.2) is 9.37 Å². The fourth-order valence-corrected chi connectivity index (χ4v) is 3.28. The third-order valence-electron chi connectivity index (χ3n) is 3.84. The van der Waals surface area contributed by atoms with Crippen LogP contribution in [-0.4, -0.2) is 17.2 Å². The maximum absolute atomic E-state index is 13.4. The molecule has 3 heterocycles. The van der Waals surface area contributed by atoms with Gasteiger partial charge < -0.3 is 15.5 Å². The van der Waals surface area contributed by atoms with Crippen LogP contribution in [0.1, 0.15) is 23.1 Å². The minimum Gasteiger partial charge on any atom is -0.456 e. The molecule has 0 aliphatic heterocycles. The lowest BCUT2D eigenvalue weighted by Gasteiger charge is -2.10. The van der Waals surface area contributed by atoms with E-state index >= 15 is 0 Å². The van der Waals surface area contributed by atoms with E-state index in [1.807, 2.05) is 17.5 Å². The van der Waals surface area contributed by atoms with Gasteiger partial charge in [0.2, 0.25) is 0 Å². The predicted molar refractivity (Wildman–Crippen MR) is 97.6 cm³/mol. The first-order valence-corrected chi connectivity index (χ1v) is 8.93. The van der Waals surface area contributed by atoms with Crippen LogP contribution in [0.2, 0.25) is 5.15 Å². The Bertz CT molecular complexity index is 917. The van der Waals surface area contributed by atoms with Gasteiger partial charge in [0.25, 0.3) is 0 Å². The molecule has 0 aliphatic carbocycles. The SMILES string of the molecule is CC(F)C(N)Cc1oc2c(NCc3cccs3)cc(Cl)nc2c1C#N. The highest BCUT2D eigenvalue weighted by Gasteiger charge is 2.23. The number of rotatable bonds is 6. The molecule has 0 aliphatic rings. The first-order chi connectivity index (χ1) is 12.0. The molecular formula is C17H16ClFN4OS. The van der Waals surface area contributed by atoms with Crippen molar-refractivity contribution in [2.24, 2.45) is 5.73 Å². The fraction of sp³-hybridized carbons (Fsp3) is 0.294. The summed E-state index contributed by atoms with van der Waals surface area (Å²) in [5, 5.41) is 15.0. The number of pyridine rings is 1. The molecule has 3 aromatic heterocycles. The first-order valence-electron chi connectivity index (χ1n) is 7.67. The predicted octanol–water partition coefficient (Wildman–Crippen LogP) is 4.25. The number of fused-ring (bicyclic) bond motifs is 1. The van der Waals surface area contributed by atoms with Crippen LogP contribution in [0.3, 0.4) is 0 Å². The summed E-state index contributed by atoms with van der Waals surface area (Å²) in [6.07, 6.45) is -1.11. The lowest BCUT2D eigenvalue weighted by Crippen LogP contribution is -2.31. The Labute approximate surface area is 153 Å². The van der Waals surface area contributed by atoms with Gasteiger partial charge in [0.05, 0.1) is 5.69 Å². The van der Waals surface area contributed by atoms with Crippen LogP contribution < -0.4 is 11.1 Å². The zero-order valence-electron chi connectivity index (χ0n) is 13.4. The topological polar surface area (TPSA) is 87.9 Å². The second-order valence-corrected chi connectivity index (χ2v) is 7.08. The highest BCUT2D eigenvalue weighted by molar-refractivity contribution is 7.09. The van der Waals surface area contributed by atoms with Gasteiger partial charge in [0, 0.05) is 30.0 Å². The smallest absolute Gasteiger partial charge is 0.177 e. The normalized spacial score (nSPS) is 13.6. The number of nitrogens with one attached hydrogen (secondary N) is 1. The number of anilines is 1. The van der Waals surface area contributed by atoms with Crippen molar-refractivity contribution >= 4 is 39.7 Å². The van der Waals surface area contributed by atoms with Gasteiger partial charge in [-0.15, -0.1) is 11.3 Å². The molecule has 3 aromatic rings. The Kier molecular flexibility index (Phi) is 5.23. The molecule has 0 fully saturated rings. The van der Waals surface area contributed by atoms with Crippen molar-refractivity contribution in [1.29, 1.82) is 5.26 Å². The molecule has 2 unspecified atom stereocenters. The van der Waals surface area contributed by atoms with Crippen LogP contribution in [-0.2, 0) is 13.0 Å². The monoisotopic (exact) mass is 378 g/mol. The van der Waals surface area contributed by atoms with E-state index in [1.165, 1.54) is 6.92 Å². The van der Waals surface area contributed by atoms with E-state index in [1.54, 1.807) is 17.4 Å². The Balaban J connectivity index is 2.00. The molecule has 25 heavy (non-hydrogen) atoms. The van der Waals surface area contributed by atoms with Gasteiger partial charge in [-0.05, 0) is 18.4 Å². The van der Waals surface area contributed by atoms with Crippen molar-refractivity contribution in [3.63, 3.8) is 0 Å². The Morgan fingerprint density at radius 3 is 3.00 bits per heavy atom. The summed E-state index contributed by atoms with van der Waals surface area (Å²) in [6, 6.07) is 6.93. The van der Waals surface area contributed by atoms with Gasteiger partial charge in [-0.2, -0.15) is 5.26 Å². The molecule has 0 saturated heterocycles. The molecule has 130 valence electrons. The minimum atomic E-state index is -1.22. The van der Waals surface area contributed by atoms with Crippen LogP contribution >= 0.6 is 22.9 Å². The minimum absolute atomic E-state index is 0.110. The summed E-state index contributed by atoms with van der Waals surface area (Å²) < 4.78 is 19.2. The Hall–Kier alpha value is -2.14. The molecule has 3 rings (SSSR count). The van der Waals surface area contributed by atoms with Gasteiger partial charge in [0.15, 0.2) is 5.58 Å². The molecule has 8 heteroatoms. The van der Waals surface area contributed by atoms with Crippen molar-refractivity contribution in [3.8, 4) is 6.07 Å². The zero-order valence-corrected chi connectivity index (χ0v) is 15.0. The van der Waals surface area contributed by atoms with Crippen LogP contribution in [0.4, 0.5) is 10.1 Å².